The molecule has 1 aromatic rings. The number of carbonyl (C=O) groups excluding carboxylic acids is 1. The van der Waals surface area contributed by atoms with Crippen LogP contribution in [0.25, 0.3) is 0 Å². The van der Waals surface area contributed by atoms with Crippen molar-refractivity contribution < 1.29 is 27.2 Å². The minimum atomic E-state index is -4.30. The van der Waals surface area contributed by atoms with Crippen LogP contribution in [0.2, 0.25) is 0 Å². The molecule has 110 valence electrons. The summed E-state index contributed by atoms with van der Waals surface area (Å²) in [4.78, 5) is 11.8. The van der Waals surface area contributed by atoms with Crippen molar-refractivity contribution in [1.82, 2.24) is 4.31 Å². The summed E-state index contributed by atoms with van der Waals surface area (Å²) in [6.07, 6.45) is -1.11. The number of rotatable bonds is 1. The molecule has 0 saturated carbocycles. The van der Waals surface area contributed by atoms with Gasteiger partial charge in [-0.3, -0.25) is 4.18 Å². The van der Waals surface area contributed by atoms with E-state index in [0.29, 0.717) is 9.87 Å². The molecule has 1 aliphatic heterocycles. The summed E-state index contributed by atoms with van der Waals surface area (Å²) in [5.41, 5.74) is -1.10. The number of ether oxygens (including phenoxy) is 1. The molecule has 0 radical (unpaired) electrons. The Morgan fingerprint density at radius 1 is 1.45 bits per heavy atom. The Morgan fingerprint density at radius 3 is 2.60 bits per heavy atom. The molecule has 2 rings (SSSR count). The predicted molar refractivity (Wildman–Crippen MR) is 68.9 cm³/mol. The minimum Gasteiger partial charge on any atom is -0.452 e. The van der Waals surface area contributed by atoms with E-state index in [-0.39, 0.29) is 0 Å². The predicted octanol–water partition coefficient (Wildman–Crippen LogP) is 0.822. The highest BCUT2D eigenvalue weighted by atomic mass is 32.2. The maximum absolute atomic E-state index is 11.9. The first-order valence-electron chi connectivity index (χ1n) is 5.83. The van der Waals surface area contributed by atoms with Crippen LogP contribution in [0.1, 0.15) is 18.5 Å². The smallest absolute Gasteiger partial charge is 0.425 e. The summed E-state index contributed by atoms with van der Waals surface area (Å²) >= 11 is 0. The number of hydrogen-bond acceptors (Lipinski definition) is 6. The van der Waals surface area contributed by atoms with Gasteiger partial charge in [0, 0.05) is 0 Å². The van der Waals surface area contributed by atoms with Gasteiger partial charge >= 0.3 is 16.4 Å². The third kappa shape index (κ3) is 2.49. The van der Waals surface area contributed by atoms with Crippen molar-refractivity contribution in [1.29, 1.82) is 0 Å². The lowest BCUT2D eigenvalue weighted by atomic mass is 9.91. The third-order valence-corrected chi connectivity index (χ3v) is 4.29. The molecule has 1 heterocycles. The summed E-state index contributed by atoms with van der Waals surface area (Å²) < 4.78 is 33.4. The van der Waals surface area contributed by atoms with Crippen LogP contribution >= 0.6 is 0 Å². The molecule has 1 amide bonds. The van der Waals surface area contributed by atoms with Gasteiger partial charge in [-0.15, -0.1) is 0 Å². The van der Waals surface area contributed by atoms with Crippen LogP contribution in [0.5, 0.6) is 0 Å². The van der Waals surface area contributed by atoms with Gasteiger partial charge in [-0.1, -0.05) is 30.3 Å². The van der Waals surface area contributed by atoms with Crippen LogP contribution in [0.15, 0.2) is 30.3 Å². The molecule has 20 heavy (non-hydrogen) atoms. The second-order valence-corrected chi connectivity index (χ2v) is 6.14. The average molecular weight is 301 g/mol. The number of benzene rings is 1. The standard InChI is InChI=1S/C12H15NO6S/c1-12(15)8-19-20(16,17)13(11(14)18-2)10(12)9-6-4-3-5-7-9/h3-7,10,15H,8H2,1-2H3/t10-,12+/m0/s1. The fourth-order valence-electron chi connectivity index (χ4n) is 2.13. The molecule has 1 fully saturated rings. The van der Waals surface area contributed by atoms with E-state index < -0.39 is 34.6 Å². The van der Waals surface area contributed by atoms with Gasteiger partial charge < -0.3 is 9.84 Å². The molecule has 1 saturated heterocycles. The summed E-state index contributed by atoms with van der Waals surface area (Å²) in [6.45, 7) is 0.956. The largest absolute Gasteiger partial charge is 0.452 e. The average Bonchev–Trinajstić information content (AvgIpc) is 2.41. The first-order valence-corrected chi connectivity index (χ1v) is 7.20. The highest BCUT2D eigenvalue weighted by Gasteiger charge is 2.51. The van der Waals surface area contributed by atoms with Gasteiger partial charge in [-0.2, -0.15) is 12.7 Å². The van der Waals surface area contributed by atoms with E-state index in [2.05, 4.69) is 8.92 Å². The first kappa shape index (κ1) is 14.8. The molecule has 0 spiro atoms. The molecular weight excluding hydrogens is 286 g/mol. The van der Waals surface area contributed by atoms with Crippen molar-refractivity contribution >= 4 is 16.4 Å². The highest BCUT2D eigenvalue weighted by molar-refractivity contribution is 7.85. The van der Waals surface area contributed by atoms with E-state index >= 15 is 0 Å². The van der Waals surface area contributed by atoms with Crippen molar-refractivity contribution in [2.45, 2.75) is 18.6 Å². The lowest BCUT2D eigenvalue weighted by Crippen LogP contribution is -2.57. The van der Waals surface area contributed by atoms with E-state index in [1.54, 1.807) is 30.3 Å². The van der Waals surface area contributed by atoms with Crippen molar-refractivity contribution in [3.8, 4) is 0 Å². The van der Waals surface area contributed by atoms with E-state index in [9.17, 15) is 18.3 Å². The number of carbonyl (C=O) groups is 1. The lowest BCUT2D eigenvalue weighted by molar-refractivity contribution is -0.0636. The molecule has 2 atom stereocenters. The van der Waals surface area contributed by atoms with Gasteiger partial charge in [0.1, 0.15) is 11.6 Å². The zero-order valence-corrected chi connectivity index (χ0v) is 11.8. The fraction of sp³-hybridized carbons (Fsp3) is 0.417. The second kappa shape index (κ2) is 5.04. The highest BCUT2D eigenvalue weighted by Crippen LogP contribution is 2.39. The lowest BCUT2D eigenvalue weighted by Gasteiger charge is -2.42. The van der Waals surface area contributed by atoms with E-state index in [1.165, 1.54) is 6.92 Å². The molecule has 0 unspecified atom stereocenters. The third-order valence-electron chi connectivity index (χ3n) is 3.03. The van der Waals surface area contributed by atoms with Crippen LogP contribution in [-0.2, 0) is 19.2 Å². The van der Waals surface area contributed by atoms with Gasteiger partial charge in [0.25, 0.3) is 0 Å². The van der Waals surface area contributed by atoms with Crippen LogP contribution in [-0.4, -0.2) is 43.2 Å². The summed E-state index contributed by atoms with van der Waals surface area (Å²) in [5.74, 6) is 0. The molecule has 0 aromatic heterocycles. The van der Waals surface area contributed by atoms with Crippen molar-refractivity contribution in [3.63, 3.8) is 0 Å². The molecule has 1 aliphatic rings. The maximum Gasteiger partial charge on any atom is 0.425 e. The van der Waals surface area contributed by atoms with Crippen molar-refractivity contribution in [3.05, 3.63) is 35.9 Å². The monoisotopic (exact) mass is 301 g/mol. The molecule has 0 bridgehead atoms. The van der Waals surface area contributed by atoms with Crippen LogP contribution in [0, 0.1) is 0 Å². The van der Waals surface area contributed by atoms with E-state index in [1.807, 2.05) is 0 Å². The Bertz CT molecular complexity index is 598. The van der Waals surface area contributed by atoms with Gasteiger partial charge in [0.15, 0.2) is 0 Å². The van der Waals surface area contributed by atoms with Gasteiger partial charge in [-0.25, -0.2) is 4.79 Å². The summed E-state index contributed by atoms with van der Waals surface area (Å²) in [5, 5.41) is 10.4. The van der Waals surface area contributed by atoms with Crippen LogP contribution in [0.4, 0.5) is 4.79 Å². The van der Waals surface area contributed by atoms with Crippen molar-refractivity contribution in [2.24, 2.45) is 0 Å². The van der Waals surface area contributed by atoms with E-state index in [4.69, 9.17) is 0 Å². The summed E-state index contributed by atoms with van der Waals surface area (Å²) in [6, 6.07) is 7.24. The Labute approximate surface area is 117 Å². The first-order chi connectivity index (χ1) is 9.29. The molecule has 8 heteroatoms. The number of hydrogen-bond donors (Lipinski definition) is 1. The van der Waals surface area contributed by atoms with E-state index in [0.717, 1.165) is 7.11 Å². The molecule has 0 aliphatic carbocycles. The van der Waals surface area contributed by atoms with Crippen LogP contribution in [0.3, 0.4) is 0 Å². The SMILES string of the molecule is COC(=O)N1[C@@H](c2ccccc2)[C@](C)(O)COS1(=O)=O. The number of methoxy groups -OCH3 is 1. The Balaban J connectivity index is 2.58. The topological polar surface area (TPSA) is 93.1 Å². The zero-order valence-electron chi connectivity index (χ0n) is 11.0. The second-order valence-electron chi connectivity index (χ2n) is 4.66. The molecule has 1 aromatic carbocycles. The van der Waals surface area contributed by atoms with Crippen LogP contribution < -0.4 is 0 Å². The quantitative estimate of drug-likeness (QED) is 0.825. The maximum atomic E-state index is 11.9. The van der Waals surface area contributed by atoms with Gasteiger partial charge in [0.05, 0.1) is 13.7 Å². The van der Waals surface area contributed by atoms with Gasteiger partial charge in [-0.05, 0) is 12.5 Å². The van der Waals surface area contributed by atoms with Gasteiger partial charge in [0.2, 0.25) is 0 Å². The normalized spacial score (nSPS) is 28.9. The fourth-order valence-corrected chi connectivity index (χ4v) is 3.49. The molecule has 1 N–H and O–H groups in total. The summed E-state index contributed by atoms with van der Waals surface area (Å²) in [7, 11) is -3.25. The molecular formula is C12H15NO6S. The van der Waals surface area contributed by atoms with Crippen molar-refractivity contribution in [2.75, 3.05) is 13.7 Å². The Hall–Kier alpha value is -1.64. The Morgan fingerprint density at radius 2 is 2.05 bits per heavy atom. The Kier molecular flexibility index (Phi) is 3.72. The zero-order chi connectivity index (χ0) is 15.0. The minimum absolute atomic E-state index is 0.422. The molecule has 7 nitrogen and oxygen atoms in total. The number of aliphatic hydroxyl groups is 1. The number of nitrogens with zero attached hydrogens (tertiary/aromatic N) is 1. The number of amides is 1.